The molecule has 36 heavy (non-hydrogen) atoms. The molecular formula is C23H26ClN2NaO9. The number of aliphatic hydroxyl groups excluding tert-OH is 3. The number of aliphatic hydroxyl groups is 5. The molecule has 0 aromatic heterocycles. The molecule has 0 radical (unpaired) electrons. The standard InChI is InChI=1S/C23H25ClN2O9.Na.H/c1-22(34)8-6-9-16(26(2)3)18(30)14(21(33)25-7-27)20(32)23(9,35)19(31)12(8)17(29)13-11(28)5-4-10(24)15(13)22;;/h4-5,8-9,16,27-28,30-31,34-35H,6-7H2,1-3H3,(H,25,33);;/t8?,9-,16-,22-,23-;;/m0../s1. The van der Waals surface area contributed by atoms with Crippen molar-refractivity contribution in [3.05, 3.63) is 50.9 Å². The van der Waals surface area contributed by atoms with Gasteiger partial charge in [-0.25, -0.2) is 0 Å². The maximum absolute atomic E-state index is 13.5. The number of carbonyl (C=O) groups is 3. The fraction of sp³-hybridized carbons (Fsp3) is 0.435. The molecule has 11 nitrogen and oxygen atoms in total. The predicted molar refractivity (Wildman–Crippen MR) is 128 cm³/mol. The van der Waals surface area contributed by atoms with E-state index in [4.69, 9.17) is 16.7 Å². The number of carbonyl (C=O) groups excluding carboxylic acids is 3. The summed E-state index contributed by atoms with van der Waals surface area (Å²) in [7, 11) is 3.01. The summed E-state index contributed by atoms with van der Waals surface area (Å²) in [5.74, 6) is -8.32. The number of halogens is 1. The van der Waals surface area contributed by atoms with E-state index in [1.165, 1.54) is 32.0 Å². The van der Waals surface area contributed by atoms with E-state index in [0.29, 0.717) is 0 Å². The number of likely N-dealkylation sites (N-methyl/N-ethyl adjacent to an activating group) is 1. The van der Waals surface area contributed by atoms with E-state index < -0.39 is 81.7 Å². The third-order valence-electron chi connectivity index (χ3n) is 7.29. The first kappa shape index (κ1) is 28.6. The van der Waals surface area contributed by atoms with Crippen molar-refractivity contribution in [3.8, 4) is 5.75 Å². The van der Waals surface area contributed by atoms with Crippen LogP contribution in [0.5, 0.6) is 5.75 Å². The van der Waals surface area contributed by atoms with Crippen molar-refractivity contribution in [2.24, 2.45) is 11.8 Å². The van der Waals surface area contributed by atoms with Crippen molar-refractivity contribution in [3.63, 3.8) is 0 Å². The molecule has 0 aliphatic heterocycles. The van der Waals surface area contributed by atoms with E-state index in [1.54, 1.807) is 0 Å². The van der Waals surface area contributed by atoms with Gasteiger partial charge in [0.05, 0.1) is 17.2 Å². The van der Waals surface area contributed by atoms with Crippen LogP contribution in [0.4, 0.5) is 0 Å². The molecule has 1 amide bonds. The van der Waals surface area contributed by atoms with Gasteiger partial charge in [-0.2, -0.15) is 0 Å². The van der Waals surface area contributed by atoms with Gasteiger partial charge in [0.2, 0.25) is 5.78 Å². The predicted octanol–water partition coefficient (Wildman–Crippen LogP) is -0.629. The van der Waals surface area contributed by atoms with Crippen LogP contribution in [-0.4, -0.2) is 115 Å². The van der Waals surface area contributed by atoms with Gasteiger partial charge in [-0.15, -0.1) is 0 Å². The average Bonchev–Trinajstić information content (AvgIpc) is 2.76. The van der Waals surface area contributed by atoms with Crippen LogP contribution in [-0.2, 0) is 15.2 Å². The number of nitrogens with zero attached hydrogens (tertiary/aromatic N) is 1. The summed E-state index contributed by atoms with van der Waals surface area (Å²) in [6.45, 7) is 0.460. The number of rotatable bonds is 3. The van der Waals surface area contributed by atoms with E-state index in [2.05, 4.69) is 0 Å². The summed E-state index contributed by atoms with van der Waals surface area (Å²) < 4.78 is 0. The molecule has 7 N–H and O–H groups in total. The Balaban J connectivity index is 0.00000361. The second kappa shape index (κ2) is 9.41. The van der Waals surface area contributed by atoms with Crippen molar-refractivity contribution >= 4 is 58.6 Å². The number of Topliss-reactive ketones (excluding diaryl/α,β-unsaturated/α-hetero) is 2. The number of aromatic hydroxyl groups is 1. The molecule has 0 bridgehead atoms. The number of amides is 1. The van der Waals surface area contributed by atoms with Crippen molar-refractivity contribution in [2.75, 3.05) is 20.8 Å². The summed E-state index contributed by atoms with van der Waals surface area (Å²) in [4.78, 5) is 40.8. The minimum atomic E-state index is -2.83. The van der Waals surface area contributed by atoms with Crippen molar-refractivity contribution in [1.29, 1.82) is 0 Å². The van der Waals surface area contributed by atoms with Gasteiger partial charge in [0.15, 0.2) is 11.4 Å². The molecular weight excluding hydrogens is 507 g/mol. The maximum atomic E-state index is 13.5. The van der Waals surface area contributed by atoms with Gasteiger partial charge in [-0.1, -0.05) is 11.6 Å². The number of hydrogen-bond donors (Lipinski definition) is 7. The average molecular weight is 533 g/mol. The number of ketones is 2. The van der Waals surface area contributed by atoms with Gasteiger partial charge in [-0.3, -0.25) is 19.3 Å². The molecule has 0 saturated heterocycles. The number of benzene rings is 1. The van der Waals surface area contributed by atoms with Gasteiger partial charge in [0.25, 0.3) is 5.91 Å². The Morgan fingerprint density at radius 1 is 1.19 bits per heavy atom. The first-order valence-electron chi connectivity index (χ1n) is 10.7. The second-order valence-corrected chi connectivity index (χ2v) is 9.79. The van der Waals surface area contributed by atoms with Crippen LogP contribution in [0.3, 0.4) is 0 Å². The minimum absolute atomic E-state index is 0. The number of phenols is 1. The van der Waals surface area contributed by atoms with E-state index in [-0.39, 0.29) is 52.1 Å². The van der Waals surface area contributed by atoms with E-state index in [1.807, 2.05) is 5.32 Å². The SMILES string of the molecule is CN(C)[C@@H]1C(O)=C(C(=O)NCO)C(=O)[C@@]2(O)C(O)=C3C(=O)c4c(O)ccc(Cl)c4[C@@](C)(O)C3C[C@@H]12.[NaH]. The molecule has 0 fully saturated rings. The summed E-state index contributed by atoms with van der Waals surface area (Å²) in [5.41, 5.74) is -6.60. The first-order chi connectivity index (χ1) is 16.2. The zero-order chi connectivity index (χ0) is 26.2. The van der Waals surface area contributed by atoms with Crippen molar-refractivity contribution < 1.29 is 45.0 Å². The Morgan fingerprint density at radius 3 is 2.36 bits per heavy atom. The fourth-order valence-electron chi connectivity index (χ4n) is 5.73. The van der Waals surface area contributed by atoms with Crippen molar-refractivity contribution in [2.45, 2.75) is 30.6 Å². The quantitative estimate of drug-likeness (QED) is 0.150. The molecule has 0 heterocycles. The molecule has 0 spiro atoms. The Hall–Kier alpha value is -1.96. The topological polar surface area (TPSA) is 188 Å². The van der Waals surface area contributed by atoms with Gasteiger partial charge in [-0.05, 0) is 39.6 Å². The van der Waals surface area contributed by atoms with Crippen LogP contribution < -0.4 is 5.32 Å². The van der Waals surface area contributed by atoms with E-state index in [0.717, 1.165) is 6.07 Å². The summed E-state index contributed by atoms with van der Waals surface area (Å²) in [5, 5.41) is 66.8. The molecule has 0 saturated carbocycles. The number of hydrogen-bond acceptors (Lipinski definition) is 10. The van der Waals surface area contributed by atoms with E-state index in [9.17, 15) is 39.9 Å². The Labute approximate surface area is 233 Å². The summed E-state index contributed by atoms with van der Waals surface area (Å²) in [6.07, 6.45) is -0.284. The number of nitrogens with one attached hydrogen (secondary N) is 1. The van der Waals surface area contributed by atoms with Gasteiger partial charge in [0.1, 0.15) is 29.6 Å². The van der Waals surface area contributed by atoms with Crippen LogP contribution in [0, 0.1) is 11.8 Å². The molecule has 3 aliphatic rings. The second-order valence-electron chi connectivity index (χ2n) is 9.38. The zero-order valence-corrected chi connectivity index (χ0v) is 19.8. The normalized spacial score (nSPS) is 31.5. The molecule has 5 atom stereocenters. The number of fused-ring (bicyclic) bond motifs is 3. The van der Waals surface area contributed by atoms with Gasteiger partial charge in [0, 0.05) is 28.0 Å². The number of phenolic OH excluding ortho intramolecular Hbond substituents is 1. The molecule has 190 valence electrons. The first-order valence-corrected chi connectivity index (χ1v) is 11.1. The monoisotopic (exact) mass is 532 g/mol. The third-order valence-corrected chi connectivity index (χ3v) is 7.61. The van der Waals surface area contributed by atoms with Crippen LogP contribution in [0.1, 0.15) is 29.3 Å². The molecule has 1 aromatic carbocycles. The fourth-order valence-corrected chi connectivity index (χ4v) is 6.08. The van der Waals surface area contributed by atoms with Gasteiger partial charge >= 0.3 is 29.6 Å². The zero-order valence-electron chi connectivity index (χ0n) is 19.0. The van der Waals surface area contributed by atoms with Crippen LogP contribution in [0.25, 0.3) is 0 Å². The van der Waals surface area contributed by atoms with Gasteiger partial charge < -0.3 is 36.0 Å². The van der Waals surface area contributed by atoms with E-state index >= 15 is 0 Å². The molecule has 3 aliphatic carbocycles. The Morgan fingerprint density at radius 2 is 1.81 bits per heavy atom. The Kier molecular flexibility index (Phi) is 7.48. The molecule has 1 unspecified atom stereocenters. The molecule has 13 heteroatoms. The van der Waals surface area contributed by atoms with Crippen LogP contribution >= 0.6 is 11.6 Å². The van der Waals surface area contributed by atoms with Crippen LogP contribution in [0.15, 0.2) is 34.8 Å². The molecule has 1 aromatic rings. The van der Waals surface area contributed by atoms with Crippen molar-refractivity contribution in [1.82, 2.24) is 10.2 Å². The third kappa shape index (κ3) is 3.64. The Bertz CT molecular complexity index is 1240. The summed E-state index contributed by atoms with van der Waals surface area (Å²) in [6, 6.07) is 1.24. The van der Waals surface area contributed by atoms with Crippen LogP contribution in [0.2, 0.25) is 5.02 Å². The summed E-state index contributed by atoms with van der Waals surface area (Å²) >= 11 is 6.28. The molecule has 4 rings (SSSR count).